The van der Waals surface area contributed by atoms with Crippen LogP contribution in [0.4, 0.5) is 4.39 Å². The van der Waals surface area contributed by atoms with Gasteiger partial charge in [0, 0.05) is 25.0 Å². The maximum atomic E-state index is 13.8. The number of nitrogens with zero attached hydrogens (tertiary/aromatic N) is 2. The average Bonchev–Trinajstić information content (AvgIpc) is 2.77. The molecule has 1 heterocycles. The fraction of sp³-hybridized carbons (Fsp3) is 0.308. The van der Waals surface area contributed by atoms with Crippen LogP contribution in [0.15, 0.2) is 30.6 Å². The lowest BCUT2D eigenvalue weighted by atomic mass is 10.0. The molecule has 3 nitrogen and oxygen atoms in total. The topological polar surface area (TPSA) is 43.8 Å². The summed E-state index contributed by atoms with van der Waals surface area (Å²) < 4.78 is 15.7. The Hall–Kier alpha value is -1.68. The van der Waals surface area contributed by atoms with Crippen molar-refractivity contribution in [3.63, 3.8) is 0 Å². The van der Waals surface area contributed by atoms with Crippen LogP contribution in [-0.4, -0.2) is 9.55 Å². The number of hydrogen-bond acceptors (Lipinski definition) is 2. The van der Waals surface area contributed by atoms with E-state index in [0.717, 1.165) is 12.1 Å². The fourth-order valence-corrected chi connectivity index (χ4v) is 1.81. The molecule has 0 aliphatic carbocycles. The van der Waals surface area contributed by atoms with Crippen molar-refractivity contribution in [3.05, 3.63) is 42.0 Å². The van der Waals surface area contributed by atoms with Crippen LogP contribution < -0.4 is 5.73 Å². The molecule has 0 saturated carbocycles. The number of hydrogen-bond donors (Lipinski definition) is 1. The molecule has 0 amide bonds. The molecule has 1 aromatic heterocycles. The summed E-state index contributed by atoms with van der Waals surface area (Å²) >= 11 is 0. The second-order valence-corrected chi connectivity index (χ2v) is 4.06. The summed E-state index contributed by atoms with van der Waals surface area (Å²) in [5.74, 6) is 0.378. The van der Waals surface area contributed by atoms with E-state index in [9.17, 15) is 4.39 Å². The van der Waals surface area contributed by atoms with E-state index in [1.165, 1.54) is 6.07 Å². The van der Waals surface area contributed by atoms with Gasteiger partial charge in [0.05, 0.1) is 5.56 Å². The Balaban J connectivity index is 2.54. The predicted molar refractivity (Wildman–Crippen MR) is 65.9 cm³/mol. The Labute approximate surface area is 100 Å². The molecule has 1 atom stereocenters. The standard InChI is InChI=1S/C13H16FN3/c1-3-17-7-6-16-13(17)11-8-10(9(2)15)4-5-12(11)14/h4-9H,3,15H2,1-2H3. The van der Waals surface area contributed by atoms with Crippen LogP contribution in [0.25, 0.3) is 11.4 Å². The number of imidazole rings is 1. The molecule has 0 aliphatic rings. The van der Waals surface area contributed by atoms with Crippen LogP contribution in [0, 0.1) is 5.82 Å². The smallest absolute Gasteiger partial charge is 0.142 e. The minimum atomic E-state index is -0.268. The van der Waals surface area contributed by atoms with Crippen LogP contribution in [0.3, 0.4) is 0 Å². The van der Waals surface area contributed by atoms with Gasteiger partial charge in [0.1, 0.15) is 11.6 Å². The van der Waals surface area contributed by atoms with Crippen molar-refractivity contribution in [1.29, 1.82) is 0 Å². The lowest BCUT2D eigenvalue weighted by Gasteiger charge is -2.10. The molecule has 1 aromatic carbocycles. The highest BCUT2D eigenvalue weighted by atomic mass is 19.1. The summed E-state index contributed by atoms with van der Waals surface area (Å²) in [7, 11) is 0. The highest BCUT2D eigenvalue weighted by Crippen LogP contribution is 2.24. The number of aromatic nitrogens is 2. The van der Waals surface area contributed by atoms with Crippen LogP contribution in [0.2, 0.25) is 0 Å². The van der Waals surface area contributed by atoms with Gasteiger partial charge in [-0.05, 0) is 31.5 Å². The van der Waals surface area contributed by atoms with Crippen molar-refractivity contribution in [3.8, 4) is 11.4 Å². The van der Waals surface area contributed by atoms with E-state index in [-0.39, 0.29) is 11.9 Å². The minimum Gasteiger partial charge on any atom is -0.331 e. The molecule has 17 heavy (non-hydrogen) atoms. The molecule has 2 N–H and O–H groups in total. The quantitative estimate of drug-likeness (QED) is 0.885. The van der Waals surface area contributed by atoms with E-state index in [1.807, 2.05) is 24.6 Å². The molecule has 2 rings (SSSR count). The molecule has 90 valence electrons. The first-order chi connectivity index (χ1) is 8.13. The fourth-order valence-electron chi connectivity index (χ4n) is 1.81. The SMILES string of the molecule is CCn1ccnc1-c1cc(C(C)N)ccc1F. The van der Waals surface area contributed by atoms with Crippen LogP contribution in [0.1, 0.15) is 25.5 Å². The summed E-state index contributed by atoms with van der Waals surface area (Å²) in [4.78, 5) is 4.20. The number of rotatable bonds is 3. The Kier molecular flexibility index (Phi) is 3.24. The molecule has 0 fully saturated rings. The normalized spacial score (nSPS) is 12.7. The first-order valence-electron chi connectivity index (χ1n) is 5.70. The highest BCUT2D eigenvalue weighted by molar-refractivity contribution is 5.58. The molecule has 0 spiro atoms. The van der Waals surface area contributed by atoms with Crippen LogP contribution in [0.5, 0.6) is 0 Å². The zero-order valence-corrected chi connectivity index (χ0v) is 10.0. The van der Waals surface area contributed by atoms with Gasteiger partial charge in [-0.2, -0.15) is 0 Å². The third-order valence-electron chi connectivity index (χ3n) is 2.81. The Bertz CT molecular complexity index is 517. The van der Waals surface area contributed by atoms with E-state index in [2.05, 4.69) is 4.98 Å². The molecule has 0 bridgehead atoms. The van der Waals surface area contributed by atoms with E-state index in [0.29, 0.717) is 11.4 Å². The van der Waals surface area contributed by atoms with E-state index in [4.69, 9.17) is 5.73 Å². The zero-order valence-electron chi connectivity index (χ0n) is 10.0. The molecule has 0 radical (unpaired) electrons. The molecule has 0 saturated heterocycles. The summed E-state index contributed by atoms with van der Waals surface area (Å²) in [6, 6.07) is 4.82. The second-order valence-electron chi connectivity index (χ2n) is 4.06. The van der Waals surface area contributed by atoms with E-state index < -0.39 is 0 Å². The summed E-state index contributed by atoms with van der Waals surface area (Å²) in [6.45, 7) is 4.64. The van der Waals surface area contributed by atoms with Crippen molar-refractivity contribution < 1.29 is 4.39 Å². The van der Waals surface area contributed by atoms with Gasteiger partial charge < -0.3 is 10.3 Å². The lowest BCUT2D eigenvalue weighted by Crippen LogP contribution is -2.06. The third kappa shape index (κ3) is 2.22. The highest BCUT2D eigenvalue weighted by Gasteiger charge is 2.12. The Morgan fingerprint density at radius 2 is 2.24 bits per heavy atom. The van der Waals surface area contributed by atoms with Crippen molar-refractivity contribution in [2.75, 3.05) is 0 Å². The monoisotopic (exact) mass is 233 g/mol. The van der Waals surface area contributed by atoms with E-state index in [1.54, 1.807) is 18.3 Å². The van der Waals surface area contributed by atoms with Gasteiger partial charge in [-0.25, -0.2) is 9.37 Å². The van der Waals surface area contributed by atoms with Crippen LogP contribution in [-0.2, 0) is 6.54 Å². The number of aryl methyl sites for hydroxylation is 1. The molecular formula is C13H16FN3. The zero-order chi connectivity index (χ0) is 12.4. The molecule has 4 heteroatoms. The lowest BCUT2D eigenvalue weighted by molar-refractivity contribution is 0.625. The summed E-state index contributed by atoms with van der Waals surface area (Å²) in [5, 5.41) is 0. The van der Waals surface area contributed by atoms with E-state index >= 15 is 0 Å². The maximum Gasteiger partial charge on any atom is 0.142 e. The van der Waals surface area contributed by atoms with Gasteiger partial charge in [-0.1, -0.05) is 6.07 Å². The molecule has 2 aromatic rings. The maximum absolute atomic E-state index is 13.8. The first kappa shape index (κ1) is 11.8. The van der Waals surface area contributed by atoms with Crippen LogP contribution >= 0.6 is 0 Å². The average molecular weight is 233 g/mol. The second kappa shape index (κ2) is 4.67. The van der Waals surface area contributed by atoms with Gasteiger partial charge in [0.2, 0.25) is 0 Å². The largest absolute Gasteiger partial charge is 0.331 e. The van der Waals surface area contributed by atoms with Crippen molar-refractivity contribution in [2.24, 2.45) is 5.73 Å². The Morgan fingerprint density at radius 3 is 2.88 bits per heavy atom. The van der Waals surface area contributed by atoms with Gasteiger partial charge in [-0.15, -0.1) is 0 Å². The molecule has 1 unspecified atom stereocenters. The van der Waals surface area contributed by atoms with Gasteiger partial charge >= 0.3 is 0 Å². The first-order valence-corrected chi connectivity index (χ1v) is 5.70. The minimum absolute atomic E-state index is 0.112. The number of halogens is 1. The number of nitrogens with two attached hydrogens (primary N) is 1. The molecule has 0 aliphatic heterocycles. The number of benzene rings is 1. The van der Waals surface area contributed by atoms with Crippen molar-refractivity contribution in [2.45, 2.75) is 26.4 Å². The van der Waals surface area contributed by atoms with Crippen molar-refractivity contribution in [1.82, 2.24) is 9.55 Å². The Morgan fingerprint density at radius 1 is 1.47 bits per heavy atom. The van der Waals surface area contributed by atoms with Gasteiger partial charge in [-0.3, -0.25) is 0 Å². The third-order valence-corrected chi connectivity index (χ3v) is 2.81. The van der Waals surface area contributed by atoms with Crippen molar-refractivity contribution >= 4 is 0 Å². The summed E-state index contributed by atoms with van der Waals surface area (Å²) in [5.41, 5.74) is 7.22. The molecular weight excluding hydrogens is 217 g/mol. The predicted octanol–water partition coefficient (Wildman–Crippen LogP) is 2.73. The van der Waals surface area contributed by atoms with Gasteiger partial charge in [0.25, 0.3) is 0 Å². The van der Waals surface area contributed by atoms with Gasteiger partial charge in [0.15, 0.2) is 0 Å². The summed E-state index contributed by atoms with van der Waals surface area (Å²) in [6.07, 6.45) is 3.52.